The van der Waals surface area contributed by atoms with Gasteiger partial charge < -0.3 is 9.13 Å². The molecule has 0 atom stereocenters. The van der Waals surface area contributed by atoms with E-state index >= 15 is 0 Å². The molecule has 0 amide bonds. The first-order valence-electron chi connectivity index (χ1n) is 17.9. The van der Waals surface area contributed by atoms with Crippen LogP contribution in [0, 0.1) is 0 Å². The fourth-order valence-corrected chi connectivity index (χ4v) is 8.54. The maximum atomic E-state index is 2.46. The summed E-state index contributed by atoms with van der Waals surface area (Å²) in [5.41, 5.74) is 12.1. The Kier molecular flexibility index (Phi) is 6.28. The molecule has 0 saturated carbocycles. The van der Waals surface area contributed by atoms with Crippen LogP contribution in [0.2, 0.25) is 0 Å². The van der Waals surface area contributed by atoms with Crippen molar-refractivity contribution in [3.63, 3.8) is 0 Å². The molecule has 2 aromatic heterocycles. The van der Waals surface area contributed by atoms with Crippen LogP contribution in [-0.4, -0.2) is 9.13 Å². The Morgan fingerprint density at radius 2 is 0.788 bits per heavy atom. The summed E-state index contributed by atoms with van der Waals surface area (Å²) >= 11 is 0. The first-order valence-corrected chi connectivity index (χ1v) is 17.9. The van der Waals surface area contributed by atoms with Crippen LogP contribution in [0.15, 0.2) is 194 Å². The van der Waals surface area contributed by atoms with Crippen molar-refractivity contribution >= 4 is 65.2 Å². The highest BCUT2D eigenvalue weighted by Crippen LogP contribution is 2.43. The molecule has 11 rings (SSSR count). The lowest BCUT2D eigenvalue weighted by Gasteiger charge is -2.14. The average Bonchev–Trinajstić information content (AvgIpc) is 3.73. The summed E-state index contributed by atoms with van der Waals surface area (Å²) in [5.74, 6) is 0. The maximum Gasteiger partial charge on any atom is 0.0548 e. The fraction of sp³-hybridized carbons (Fsp3) is 0. The lowest BCUT2D eigenvalue weighted by atomic mass is 9.93. The zero-order chi connectivity index (χ0) is 34.2. The van der Waals surface area contributed by atoms with Crippen LogP contribution in [-0.2, 0) is 0 Å². The minimum atomic E-state index is 1.15. The minimum Gasteiger partial charge on any atom is -0.309 e. The van der Waals surface area contributed by atoms with Gasteiger partial charge in [0.25, 0.3) is 0 Å². The first-order chi connectivity index (χ1) is 25.8. The molecule has 0 spiro atoms. The van der Waals surface area contributed by atoms with Crippen molar-refractivity contribution in [2.24, 2.45) is 0 Å². The second-order valence-electron chi connectivity index (χ2n) is 13.8. The van der Waals surface area contributed by atoms with Gasteiger partial charge in [0.1, 0.15) is 0 Å². The molecule has 0 fully saturated rings. The standard InChI is InChI=1S/C50H32N2/c1-3-13-33(14-4-1)37-29-38-31-40(25-26-41(38)44(32-37)35-16-5-2-6-17-35)52-46-22-12-10-20-43(46)50-48(52)28-27-47-49(50)42-19-9-11-21-45(42)51(47)39-24-23-34-15-7-8-18-36(34)30-39/h1-32H. The van der Waals surface area contributed by atoms with Crippen molar-refractivity contribution in [3.05, 3.63) is 194 Å². The molecule has 0 aliphatic heterocycles. The van der Waals surface area contributed by atoms with E-state index in [-0.39, 0.29) is 0 Å². The van der Waals surface area contributed by atoms with Gasteiger partial charge in [0.15, 0.2) is 0 Å². The lowest BCUT2D eigenvalue weighted by molar-refractivity contribution is 1.18. The number of rotatable bonds is 4. The molecule has 242 valence electrons. The van der Waals surface area contributed by atoms with Gasteiger partial charge in [0, 0.05) is 32.9 Å². The zero-order valence-electron chi connectivity index (χ0n) is 28.4. The Morgan fingerprint density at radius 1 is 0.269 bits per heavy atom. The zero-order valence-corrected chi connectivity index (χ0v) is 28.4. The van der Waals surface area contributed by atoms with Crippen molar-refractivity contribution in [3.8, 4) is 33.6 Å². The quantitative estimate of drug-likeness (QED) is 0.178. The van der Waals surface area contributed by atoms with Crippen molar-refractivity contribution in [1.29, 1.82) is 0 Å². The number of fused-ring (bicyclic) bond motifs is 9. The Labute approximate surface area is 301 Å². The number of nitrogens with zero attached hydrogens (tertiary/aromatic N) is 2. The van der Waals surface area contributed by atoms with E-state index in [4.69, 9.17) is 0 Å². The highest BCUT2D eigenvalue weighted by molar-refractivity contribution is 6.29. The molecule has 0 N–H and O–H groups in total. The third-order valence-corrected chi connectivity index (χ3v) is 10.8. The van der Waals surface area contributed by atoms with Gasteiger partial charge in [0.2, 0.25) is 0 Å². The number of hydrogen-bond donors (Lipinski definition) is 0. The predicted molar refractivity (Wildman–Crippen MR) is 221 cm³/mol. The molecule has 0 bridgehead atoms. The van der Waals surface area contributed by atoms with Crippen molar-refractivity contribution < 1.29 is 0 Å². The van der Waals surface area contributed by atoms with Gasteiger partial charge in [-0.2, -0.15) is 0 Å². The van der Waals surface area contributed by atoms with E-state index in [1.54, 1.807) is 0 Å². The number of benzene rings is 9. The highest BCUT2D eigenvalue weighted by atomic mass is 15.0. The molecule has 2 nitrogen and oxygen atoms in total. The van der Waals surface area contributed by atoms with Crippen LogP contribution >= 0.6 is 0 Å². The molecule has 0 radical (unpaired) electrons. The Bertz CT molecular complexity index is 3160. The lowest BCUT2D eigenvalue weighted by Crippen LogP contribution is -1.95. The van der Waals surface area contributed by atoms with E-state index < -0.39 is 0 Å². The molecule has 0 aliphatic rings. The molecule has 0 saturated heterocycles. The molecule has 9 aromatic carbocycles. The van der Waals surface area contributed by atoms with E-state index in [0.717, 1.165) is 5.69 Å². The molecule has 52 heavy (non-hydrogen) atoms. The molecule has 11 aromatic rings. The van der Waals surface area contributed by atoms with Gasteiger partial charge in [-0.3, -0.25) is 0 Å². The molecular formula is C50H32N2. The van der Waals surface area contributed by atoms with Crippen LogP contribution in [0.4, 0.5) is 0 Å². The average molecular weight is 661 g/mol. The summed E-state index contributed by atoms with van der Waals surface area (Å²) in [6, 6.07) is 71.0. The second kappa shape index (κ2) is 11.3. The predicted octanol–water partition coefficient (Wildman–Crippen LogP) is 13.5. The van der Waals surface area contributed by atoms with E-state index in [9.17, 15) is 0 Å². The minimum absolute atomic E-state index is 1.15. The van der Waals surface area contributed by atoms with Crippen LogP contribution in [0.25, 0.3) is 98.8 Å². The van der Waals surface area contributed by atoms with E-state index in [2.05, 4.69) is 203 Å². The summed E-state index contributed by atoms with van der Waals surface area (Å²) in [5, 5.41) is 10.0. The van der Waals surface area contributed by atoms with E-state index in [0.29, 0.717) is 0 Å². The summed E-state index contributed by atoms with van der Waals surface area (Å²) in [7, 11) is 0. The van der Waals surface area contributed by atoms with Gasteiger partial charge in [0.05, 0.1) is 22.1 Å². The second-order valence-corrected chi connectivity index (χ2v) is 13.8. The van der Waals surface area contributed by atoms with Crippen molar-refractivity contribution in [1.82, 2.24) is 9.13 Å². The number of para-hydroxylation sites is 2. The van der Waals surface area contributed by atoms with Gasteiger partial charge in [-0.05, 0) is 104 Å². The Balaban J connectivity index is 1.20. The summed E-state index contributed by atoms with van der Waals surface area (Å²) in [6.07, 6.45) is 0. The van der Waals surface area contributed by atoms with Crippen molar-refractivity contribution in [2.75, 3.05) is 0 Å². The van der Waals surface area contributed by atoms with Crippen LogP contribution in [0.5, 0.6) is 0 Å². The summed E-state index contributed by atoms with van der Waals surface area (Å²) < 4.78 is 4.90. The summed E-state index contributed by atoms with van der Waals surface area (Å²) in [4.78, 5) is 0. The Hall–Kier alpha value is -6.90. The van der Waals surface area contributed by atoms with Crippen LogP contribution < -0.4 is 0 Å². The molecule has 0 unspecified atom stereocenters. The highest BCUT2D eigenvalue weighted by Gasteiger charge is 2.21. The van der Waals surface area contributed by atoms with E-state index in [1.807, 2.05) is 0 Å². The van der Waals surface area contributed by atoms with Gasteiger partial charge >= 0.3 is 0 Å². The summed E-state index contributed by atoms with van der Waals surface area (Å²) in [6.45, 7) is 0. The SMILES string of the molecule is c1ccc(-c2cc(-c3ccccc3)c3ccc(-n4c5ccccc5c5c6c7ccccc7n(-c7ccc8ccccc8c7)c6ccc54)cc3c2)cc1. The molecule has 0 aliphatic carbocycles. The molecule has 2 heterocycles. The van der Waals surface area contributed by atoms with Gasteiger partial charge in [-0.15, -0.1) is 0 Å². The number of hydrogen-bond acceptors (Lipinski definition) is 0. The fourth-order valence-electron chi connectivity index (χ4n) is 8.54. The number of aromatic nitrogens is 2. The monoisotopic (exact) mass is 660 g/mol. The normalized spacial score (nSPS) is 11.8. The third-order valence-electron chi connectivity index (χ3n) is 10.8. The van der Waals surface area contributed by atoms with Crippen LogP contribution in [0.1, 0.15) is 0 Å². The largest absolute Gasteiger partial charge is 0.309 e. The molecule has 2 heteroatoms. The Morgan fingerprint density at radius 3 is 1.44 bits per heavy atom. The molecular weight excluding hydrogens is 629 g/mol. The topological polar surface area (TPSA) is 9.86 Å². The smallest absolute Gasteiger partial charge is 0.0548 e. The van der Waals surface area contributed by atoms with E-state index in [1.165, 1.54) is 93.1 Å². The van der Waals surface area contributed by atoms with Gasteiger partial charge in [-0.1, -0.05) is 133 Å². The maximum absolute atomic E-state index is 2.46. The van der Waals surface area contributed by atoms with Crippen molar-refractivity contribution in [2.45, 2.75) is 0 Å². The third kappa shape index (κ3) is 4.31. The van der Waals surface area contributed by atoms with Crippen LogP contribution in [0.3, 0.4) is 0 Å². The first kappa shape index (κ1) is 28.9. The van der Waals surface area contributed by atoms with Gasteiger partial charge in [-0.25, -0.2) is 0 Å².